The molecular weight excluding hydrogens is 170 g/mol. The van der Waals surface area contributed by atoms with Crippen molar-refractivity contribution in [1.82, 2.24) is 9.55 Å². The molecule has 0 amide bonds. The number of rotatable bonds is 4. The van der Waals surface area contributed by atoms with Crippen molar-refractivity contribution in [3.63, 3.8) is 0 Å². The monoisotopic (exact) mass is 183 g/mol. The van der Waals surface area contributed by atoms with Crippen molar-refractivity contribution in [2.75, 3.05) is 0 Å². The van der Waals surface area contributed by atoms with Gasteiger partial charge in [-0.15, -0.1) is 0 Å². The Kier molecular flexibility index (Phi) is 3.02. The first-order valence-electron chi connectivity index (χ1n) is 4.12. The Labute approximate surface area is 76.2 Å². The second-order valence-corrected chi connectivity index (χ2v) is 2.82. The lowest BCUT2D eigenvalue weighted by Crippen LogP contribution is -2.32. The molecule has 0 aliphatic rings. The fourth-order valence-corrected chi connectivity index (χ4v) is 1.12. The zero-order valence-electron chi connectivity index (χ0n) is 7.47. The molecule has 1 rings (SSSR count). The molecule has 1 aromatic rings. The van der Waals surface area contributed by atoms with Gasteiger partial charge in [-0.3, -0.25) is 4.79 Å². The third-order valence-electron chi connectivity index (χ3n) is 1.89. The third-order valence-corrected chi connectivity index (χ3v) is 1.89. The molecule has 0 saturated carbocycles. The predicted octanol–water partition coefficient (Wildman–Crippen LogP) is -0.143. The van der Waals surface area contributed by atoms with Gasteiger partial charge in [-0.1, -0.05) is 0 Å². The van der Waals surface area contributed by atoms with Gasteiger partial charge < -0.3 is 15.4 Å². The van der Waals surface area contributed by atoms with Crippen molar-refractivity contribution in [2.24, 2.45) is 5.73 Å². The van der Waals surface area contributed by atoms with E-state index in [9.17, 15) is 4.79 Å². The first-order chi connectivity index (χ1) is 6.15. The molecule has 1 aromatic heterocycles. The van der Waals surface area contributed by atoms with Crippen LogP contribution in [0.25, 0.3) is 0 Å². The highest BCUT2D eigenvalue weighted by atomic mass is 16.4. The van der Waals surface area contributed by atoms with E-state index >= 15 is 0 Å². The summed E-state index contributed by atoms with van der Waals surface area (Å²) in [6.45, 7) is 2.75. The summed E-state index contributed by atoms with van der Waals surface area (Å²) >= 11 is 0. The predicted molar refractivity (Wildman–Crippen MR) is 47.2 cm³/mol. The fourth-order valence-electron chi connectivity index (χ4n) is 1.12. The molecule has 5 heteroatoms. The maximum Gasteiger partial charge on any atom is 0.320 e. The lowest BCUT2D eigenvalue weighted by atomic mass is 10.2. The maximum atomic E-state index is 10.5. The molecule has 1 unspecified atom stereocenters. The smallest absolute Gasteiger partial charge is 0.320 e. The maximum absolute atomic E-state index is 10.5. The van der Waals surface area contributed by atoms with Gasteiger partial charge in [-0.05, 0) is 6.92 Å². The molecule has 1 atom stereocenters. The standard InChI is InChI=1S/C8H13N3O2/c1-2-11-5-10-4-6(11)3-7(9)8(12)13/h4-5,7H,2-3,9H2,1H3,(H,12,13). The highest BCUT2D eigenvalue weighted by molar-refractivity contribution is 5.73. The number of carbonyl (C=O) groups is 1. The largest absolute Gasteiger partial charge is 0.480 e. The number of aliphatic carboxylic acids is 1. The minimum absolute atomic E-state index is 0.323. The van der Waals surface area contributed by atoms with Gasteiger partial charge in [0.05, 0.1) is 6.33 Å². The van der Waals surface area contributed by atoms with Gasteiger partial charge in [0.1, 0.15) is 6.04 Å². The van der Waals surface area contributed by atoms with Crippen molar-refractivity contribution in [2.45, 2.75) is 25.9 Å². The summed E-state index contributed by atoms with van der Waals surface area (Å²) < 4.78 is 1.88. The van der Waals surface area contributed by atoms with Crippen LogP contribution in [-0.4, -0.2) is 26.7 Å². The van der Waals surface area contributed by atoms with Gasteiger partial charge in [0.2, 0.25) is 0 Å². The Bertz CT molecular complexity index is 295. The van der Waals surface area contributed by atoms with Gasteiger partial charge in [0, 0.05) is 24.9 Å². The second-order valence-electron chi connectivity index (χ2n) is 2.82. The highest BCUT2D eigenvalue weighted by Gasteiger charge is 2.13. The molecule has 3 N–H and O–H groups in total. The minimum Gasteiger partial charge on any atom is -0.480 e. The van der Waals surface area contributed by atoms with Gasteiger partial charge in [-0.2, -0.15) is 0 Å². The Hall–Kier alpha value is -1.36. The van der Waals surface area contributed by atoms with Gasteiger partial charge in [-0.25, -0.2) is 4.98 Å². The van der Waals surface area contributed by atoms with Crippen LogP contribution in [0.15, 0.2) is 12.5 Å². The van der Waals surface area contributed by atoms with E-state index < -0.39 is 12.0 Å². The number of aryl methyl sites for hydroxylation is 1. The average Bonchev–Trinajstić information content (AvgIpc) is 2.51. The lowest BCUT2D eigenvalue weighted by molar-refractivity contribution is -0.138. The molecule has 0 saturated heterocycles. The summed E-state index contributed by atoms with van der Waals surface area (Å²) in [4.78, 5) is 14.4. The second kappa shape index (κ2) is 4.04. The van der Waals surface area contributed by atoms with Gasteiger partial charge in [0.15, 0.2) is 0 Å². The van der Waals surface area contributed by atoms with Crippen LogP contribution >= 0.6 is 0 Å². The van der Waals surface area contributed by atoms with E-state index in [4.69, 9.17) is 10.8 Å². The van der Waals surface area contributed by atoms with E-state index in [0.717, 1.165) is 12.2 Å². The van der Waals surface area contributed by atoms with E-state index in [2.05, 4.69) is 4.98 Å². The Balaban J connectivity index is 2.68. The molecule has 0 aliphatic heterocycles. The van der Waals surface area contributed by atoms with Crippen LogP contribution < -0.4 is 5.73 Å². The number of carboxylic acids is 1. The number of nitrogens with zero attached hydrogens (tertiary/aromatic N) is 2. The number of carboxylic acid groups (broad SMARTS) is 1. The fraction of sp³-hybridized carbons (Fsp3) is 0.500. The summed E-state index contributed by atoms with van der Waals surface area (Å²) in [5.74, 6) is -0.983. The Morgan fingerprint density at radius 3 is 3.08 bits per heavy atom. The van der Waals surface area contributed by atoms with Crippen LogP contribution in [0.1, 0.15) is 12.6 Å². The van der Waals surface area contributed by atoms with E-state index in [0.29, 0.717) is 6.42 Å². The lowest BCUT2D eigenvalue weighted by Gasteiger charge is -2.07. The number of aromatic nitrogens is 2. The van der Waals surface area contributed by atoms with E-state index in [-0.39, 0.29) is 0 Å². The molecule has 0 aromatic carbocycles. The van der Waals surface area contributed by atoms with Crippen LogP contribution in [-0.2, 0) is 17.8 Å². The van der Waals surface area contributed by atoms with Crippen LogP contribution in [0.5, 0.6) is 0 Å². The topological polar surface area (TPSA) is 81.1 Å². The summed E-state index contributed by atoms with van der Waals surface area (Å²) in [5, 5.41) is 8.59. The number of imidazole rings is 1. The molecule has 0 radical (unpaired) electrons. The van der Waals surface area contributed by atoms with Crippen molar-refractivity contribution in [3.05, 3.63) is 18.2 Å². The summed E-state index contributed by atoms with van der Waals surface area (Å²) in [5.41, 5.74) is 6.25. The Morgan fingerprint density at radius 2 is 2.54 bits per heavy atom. The quantitative estimate of drug-likeness (QED) is 0.680. The van der Waals surface area contributed by atoms with Crippen molar-refractivity contribution < 1.29 is 9.90 Å². The van der Waals surface area contributed by atoms with Gasteiger partial charge in [0.25, 0.3) is 0 Å². The average molecular weight is 183 g/mol. The number of hydrogen-bond acceptors (Lipinski definition) is 3. The van der Waals surface area contributed by atoms with Crippen LogP contribution in [0, 0.1) is 0 Å². The van der Waals surface area contributed by atoms with Crippen LogP contribution in [0.3, 0.4) is 0 Å². The first kappa shape index (κ1) is 9.73. The SMILES string of the molecule is CCn1cncc1CC(N)C(=O)O. The highest BCUT2D eigenvalue weighted by Crippen LogP contribution is 2.02. The zero-order chi connectivity index (χ0) is 9.84. The van der Waals surface area contributed by atoms with Crippen LogP contribution in [0.2, 0.25) is 0 Å². The molecule has 1 heterocycles. The molecule has 0 fully saturated rings. The van der Waals surface area contributed by atoms with Crippen molar-refractivity contribution in [3.8, 4) is 0 Å². The van der Waals surface area contributed by atoms with E-state index in [1.54, 1.807) is 12.5 Å². The first-order valence-corrected chi connectivity index (χ1v) is 4.12. The third kappa shape index (κ3) is 2.29. The molecular formula is C8H13N3O2. The molecule has 72 valence electrons. The molecule has 0 spiro atoms. The number of hydrogen-bond donors (Lipinski definition) is 2. The van der Waals surface area contributed by atoms with Crippen LogP contribution in [0.4, 0.5) is 0 Å². The normalized spacial score (nSPS) is 12.8. The molecule has 0 bridgehead atoms. The molecule has 13 heavy (non-hydrogen) atoms. The van der Waals surface area contributed by atoms with Crippen molar-refractivity contribution in [1.29, 1.82) is 0 Å². The Morgan fingerprint density at radius 1 is 1.85 bits per heavy atom. The minimum atomic E-state index is -0.983. The summed E-state index contributed by atoms with van der Waals surface area (Å²) in [6, 6.07) is -0.845. The van der Waals surface area contributed by atoms with E-state index in [1.165, 1.54) is 0 Å². The summed E-state index contributed by atoms with van der Waals surface area (Å²) in [6.07, 6.45) is 3.64. The zero-order valence-corrected chi connectivity index (χ0v) is 7.47. The van der Waals surface area contributed by atoms with Crippen molar-refractivity contribution >= 4 is 5.97 Å². The molecule has 0 aliphatic carbocycles. The van der Waals surface area contributed by atoms with E-state index in [1.807, 2.05) is 11.5 Å². The van der Waals surface area contributed by atoms with Gasteiger partial charge >= 0.3 is 5.97 Å². The summed E-state index contributed by atoms with van der Waals surface area (Å²) in [7, 11) is 0. The molecule has 5 nitrogen and oxygen atoms in total. The number of nitrogens with two attached hydrogens (primary N) is 1.